The van der Waals surface area contributed by atoms with Gasteiger partial charge in [-0.2, -0.15) is 0 Å². The molecule has 0 aliphatic heterocycles. The molecule has 2 aromatic carbocycles. The molecule has 0 unspecified atom stereocenters. The molecule has 1 heterocycles. The molecule has 0 aliphatic rings. The predicted octanol–water partition coefficient (Wildman–Crippen LogP) is 6.27. The van der Waals surface area contributed by atoms with Crippen LogP contribution in [0.4, 0.5) is 5.69 Å². The van der Waals surface area contributed by atoms with E-state index in [0.717, 1.165) is 29.7 Å². The minimum atomic E-state index is -0.158. The summed E-state index contributed by atoms with van der Waals surface area (Å²) in [7, 11) is 0. The Bertz CT molecular complexity index is 1030. The molecular weight excluding hydrogens is 471 g/mol. The number of hydrogen-bond donors (Lipinski definition) is 1. The number of hydrogen-bond acceptors (Lipinski definition) is 2. The number of carbonyl (C=O) groups is 1. The average molecular weight is 498 g/mol. The number of halogens is 1. The summed E-state index contributed by atoms with van der Waals surface area (Å²) in [4.78, 5) is 17.3. The first-order valence-electron chi connectivity index (χ1n) is 9.86. The van der Waals surface area contributed by atoms with Gasteiger partial charge in [-0.1, -0.05) is 24.3 Å². The normalized spacial score (nSPS) is 10.8. The second kappa shape index (κ2) is 9.08. The van der Waals surface area contributed by atoms with Gasteiger partial charge in [-0.05, 0) is 121 Å². The Kier molecular flexibility index (Phi) is 6.73. The average Bonchev–Trinajstić information content (AvgIpc) is 2.71. The summed E-state index contributed by atoms with van der Waals surface area (Å²) in [5.74, 6) is -0.158. The monoisotopic (exact) mass is 498 g/mol. The van der Waals surface area contributed by atoms with E-state index in [1.807, 2.05) is 37.3 Å². The highest BCUT2D eigenvalue weighted by Gasteiger charge is 2.17. The third-order valence-electron chi connectivity index (χ3n) is 5.73. The van der Waals surface area contributed by atoms with Crippen LogP contribution < -0.4 is 5.32 Å². The molecule has 1 N–H and O–H groups in total. The highest BCUT2D eigenvalue weighted by atomic mass is 127. The van der Waals surface area contributed by atoms with E-state index in [1.165, 1.54) is 31.4 Å². The Morgan fingerprint density at radius 2 is 1.59 bits per heavy atom. The lowest BCUT2D eigenvalue weighted by atomic mass is 9.91. The van der Waals surface area contributed by atoms with Crippen LogP contribution in [-0.2, 0) is 12.8 Å². The summed E-state index contributed by atoms with van der Waals surface area (Å²) >= 11 is 2.46. The minimum Gasteiger partial charge on any atom is -0.321 e. The van der Waals surface area contributed by atoms with Crippen LogP contribution in [0, 0.1) is 38.2 Å². The molecule has 1 amide bonds. The van der Waals surface area contributed by atoms with Gasteiger partial charge in [-0.15, -0.1) is 0 Å². The number of pyridine rings is 1. The van der Waals surface area contributed by atoms with E-state index in [1.54, 1.807) is 6.20 Å². The summed E-state index contributed by atoms with van der Waals surface area (Å²) < 4.78 is 1.33. The Hall–Kier alpha value is -2.21. The van der Waals surface area contributed by atoms with Crippen LogP contribution in [0.25, 0.3) is 0 Å². The van der Waals surface area contributed by atoms with Crippen molar-refractivity contribution in [2.45, 2.75) is 47.5 Å². The van der Waals surface area contributed by atoms with Gasteiger partial charge in [0, 0.05) is 15.5 Å². The van der Waals surface area contributed by atoms with Crippen molar-refractivity contribution in [2.24, 2.45) is 0 Å². The SMILES string of the molecule is Cc1cnc(C(=O)Nc2ccccc2)c(CCc2c(C)c(C)c(C)c(C)c2I)c1. The van der Waals surface area contributed by atoms with Crippen molar-refractivity contribution in [2.75, 3.05) is 5.32 Å². The Labute approximate surface area is 187 Å². The van der Waals surface area contributed by atoms with E-state index < -0.39 is 0 Å². The van der Waals surface area contributed by atoms with Gasteiger partial charge in [0.2, 0.25) is 0 Å². The number of benzene rings is 2. The summed E-state index contributed by atoms with van der Waals surface area (Å²) in [6, 6.07) is 11.6. The first-order valence-corrected chi connectivity index (χ1v) is 10.9. The molecule has 0 saturated carbocycles. The molecule has 0 saturated heterocycles. The van der Waals surface area contributed by atoms with Crippen molar-refractivity contribution in [3.8, 4) is 0 Å². The number of amides is 1. The van der Waals surface area contributed by atoms with E-state index in [9.17, 15) is 4.79 Å². The second-order valence-electron chi connectivity index (χ2n) is 7.63. The van der Waals surface area contributed by atoms with E-state index in [4.69, 9.17) is 0 Å². The standard InChI is InChI=1S/C25H27IN2O/c1-15-13-20(11-12-22-18(4)16(2)17(3)19(5)23(22)26)24(27-14-15)25(29)28-21-9-7-6-8-10-21/h6-10,13-14H,11-12H2,1-5H3,(H,28,29). The van der Waals surface area contributed by atoms with Crippen LogP contribution in [0.2, 0.25) is 0 Å². The van der Waals surface area contributed by atoms with Gasteiger partial charge in [0.1, 0.15) is 5.69 Å². The van der Waals surface area contributed by atoms with Crippen molar-refractivity contribution in [3.63, 3.8) is 0 Å². The maximum atomic E-state index is 12.9. The van der Waals surface area contributed by atoms with Crippen LogP contribution in [-0.4, -0.2) is 10.9 Å². The molecule has 0 radical (unpaired) electrons. The topological polar surface area (TPSA) is 42.0 Å². The van der Waals surface area contributed by atoms with Gasteiger partial charge in [-0.3, -0.25) is 9.78 Å². The first-order chi connectivity index (χ1) is 13.8. The molecule has 4 heteroatoms. The molecule has 3 nitrogen and oxygen atoms in total. The van der Waals surface area contributed by atoms with Crippen LogP contribution in [0.3, 0.4) is 0 Å². The van der Waals surface area contributed by atoms with E-state index in [-0.39, 0.29) is 5.91 Å². The second-order valence-corrected chi connectivity index (χ2v) is 8.71. The summed E-state index contributed by atoms with van der Waals surface area (Å²) in [5.41, 5.74) is 10.2. The maximum Gasteiger partial charge on any atom is 0.274 e. The Balaban J connectivity index is 1.89. The number of nitrogens with zero attached hydrogens (tertiary/aromatic N) is 1. The molecule has 150 valence electrons. The van der Waals surface area contributed by atoms with E-state index >= 15 is 0 Å². The zero-order valence-electron chi connectivity index (χ0n) is 17.7. The highest BCUT2D eigenvalue weighted by Crippen LogP contribution is 2.29. The predicted molar refractivity (Wildman–Crippen MR) is 129 cm³/mol. The number of aromatic nitrogens is 1. The summed E-state index contributed by atoms with van der Waals surface area (Å²) in [5, 5.41) is 2.96. The minimum absolute atomic E-state index is 0.158. The fraction of sp³-hybridized carbons (Fsp3) is 0.280. The molecule has 0 atom stereocenters. The number of carbonyl (C=O) groups excluding carboxylic acids is 1. The fourth-order valence-corrected chi connectivity index (χ4v) is 4.72. The zero-order valence-corrected chi connectivity index (χ0v) is 19.8. The van der Waals surface area contributed by atoms with Gasteiger partial charge in [0.25, 0.3) is 5.91 Å². The summed E-state index contributed by atoms with van der Waals surface area (Å²) in [6.45, 7) is 10.8. The number of rotatable bonds is 5. The van der Waals surface area contributed by atoms with Crippen LogP contribution in [0.15, 0.2) is 42.6 Å². The van der Waals surface area contributed by atoms with Crippen molar-refractivity contribution in [1.29, 1.82) is 0 Å². The van der Waals surface area contributed by atoms with Gasteiger partial charge in [-0.25, -0.2) is 0 Å². The third-order valence-corrected chi connectivity index (χ3v) is 7.19. The largest absolute Gasteiger partial charge is 0.321 e. The van der Waals surface area contributed by atoms with Crippen molar-refractivity contribution >= 4 is 34.2 Å². The lowest BCUT2D eigenvalue weighted by molar-refractivity contribution is 0.102. The van der Waals surface area contributed by atoms with Crippen molar-refractivity contribution < 1.29 is 4.79 Å². The van der Waals surface area contributed by atoms with Gasteiger partial charge < -0.3 is 5.32 Å². The first kappa shape index (κ1) is 21.5. The maximum absolute atomic E-state index is 12.9. The molecule has 0 fully saturated rings. The number of para-hydroxylation sites is 1. The van der Waals surface area contributed by atoms with E-state index in [0.29, 0.717) is 5.69 Å². The van der Waals surface area contributed by atoms with Crippen LogP contribution in [0.5, 0.6) is 0 Å². The number of aryl methyl sites for hydroxylation is 2. The molecule has 3 rings (SSSR count). The van der Waals surface area contributed by atoms with Gasteiger partial charge in [0.15, 0.2) is 0 Å². The van der Waals surface area contributed by atoms with Crippen LogP contribution in [0.1, 0.15) is 49.4 Å². The van der Waals surface area contributed by atoms with Crippen LogP contribution >= 0.6 is 22.6 Å². The lowest BCUT2D eigenvalue weighted by Gasteiger charge is -2.18. The van der Waals surface area contributed by atoms with Crippen molar-refractivity contribution in [3.05, 3.63) is 90.8 Å². The number of anilines is 1. The molecule has 1 aromatic heterocycles. The third kappa shape index (κ3) is 4.69. The smallest absolute Gasteiger partial charge is 0.274 e. The molecule has 0 aliphatic carbocycles. The Morgan fingerprint density at radius 1 is 0.931 bits per heavy atom. The molecular formula is C25H27IN2O. The van der Waals surface area contributed by atoms with E-state index in [2.05, 4.69) is 66.7 Å². The molecule has 0 spiro atoms. The molecule has 29 heavy (non-hydrogen) atoms. The van der Waals surface area contributed by atoms with Crippen molar-refractivity contribution in [1.82, 2.24) is 4.98 Å². The highest BCUT2D eigenvalue weighted by molar-refractivity contribution is 14.1. The quantitative estimate of drug-likeness (QED) is 0.422. The summed E-state index contributed by atoms with van der Waals surface area (Å²) in [6.07, 6.45) is 3.44. The van der Waals surface area contributed by atoms with Gasteiger partial charge in [0.05, 0.1) is 0 Å². The Morgan fingerprint density at radius 3 is 2.28 bits per heavy atom. The van der Waals surface area contributed by atoms with Gasteiger partial charge >= 0.3 is 0 Å². The zero-order chi connectivity index (χ0) is 21.1. The molecule has 0 bridgehead atoms. The number of nitrogens with one attached hydrogen (secondary N) is 1. The fourth-order valence-electron chi connectivity index (χ4n) is 3.64. The lowest BCUT2D eigenvalue weighted by Crippen LogP contribution is -2.17. The molecule has 3 aromatic rings.